The Morgan fingerprint density at radius 3 is 2.25 bits per heavy atom. The first-order valence-electron chi connectivity index (χ1n) is 8.41. The molecule has 2 aromatic rings. The molecule has 0 aliphatic carbocycles. The van der Waals surface area contributed by atoms with E-state index in [1.807, 2.05) is 31.2 Å². The van der Waals surface area contributed by atoms with E-state index in [1.165, 1.54) is 31.5 Å². The van der Waals surface area contributed by atoms with Gasteiger partial charge in [-0.15, -0.1) is 0 Å². The average Bonchev–Trinajstić information content (AvgIpc) is 3.08. The molecule has 1 fully saturated rings. The molecule has 0 radical (unpaired) electrons. The van der Waals surface area contributed by atoms with Crippen molar-refractivity contribution in [3.8, 4) is 23.0 Å². The maximum absolute atomic E-state index is 6.09. The van der Waals surface area contributed by atoms with Gasteiger partial charge in [0.05, 0.1) is 14.2 Å². The quantitative estimate of drug-likeness (QED) is 0.787. The van der Waals surface area contributed by atoms with Crippen LogP contribution in [-0.2, 0) is 6.54 Å². The van der Waals surface area contributed by atoms with Gasteiger partial charge in [-0.05, 0) is 74.3 Å². The summed E-state index contributed by atoms with van der Waals surface area (Å²) in [6.45, 7) is 5.33. The highest BCUT2D eigenvalue weighted by Gasteiger charge is 2.14. The van der Waals surface area contributed by atoms with Crippen LogP contribution in [0.2, 0.25) is 0 Å². The van der Waals surface area contributed by atoms with Gasteiger partial charge >= 0.3 is 0 Å². The van der Waals surface area contributed by atoms with Crippen LogP contribution in [0.4, 0.5) is 0 Å². The van der Waals surface area contributed by atoms with E-state index < -0.39 is 0 Å². The zero-order chi connectivity index (χ0) is 16.9. The molecule has 0 unspecified atom stereocenters. The number of hydrogen-bond acceptors (Lipinski definition) is 4. The Hall–Kier alpha value is -2.20. The van der Waals surface area contributed by atoms with Crippen molar-refractivity contribution in [3.63, 3.8) is 0 Å². The normalized spacial score (nSPS) is 14.6. The van der Waals surface area contributed by atoms with Crippen LogP contribution >= 0.6 is 0 Å². The highest BCUT2D eigenvalue weighted by atomic mass is 16.5. The minimum Gasteiger partial charge on any atom is -0.496 e. The number of benzene rings is 2. The summed E-state index contributed by atoms with van der Waals surface area (Å²) < 4.78 is 16.8. The summed E-state index contributed by atoms with van der Waals surface area (Å²) in [5, 5.41) is 0. The fraction of sp³-hybridized carbons (Fsp3) is 0.400. The lowest BCUT2D eigenvalue weighted by molar-refractivity contribution is 0.329. The zero-order valence-corrected chi connectivity index (χ0v) is 14.7. The lowest BCUT2D eigenvalue weighted by Crippen LogP contribution is -2.18. The Kier molecular flexibility index (Phi) is 5.26. The van der Waals surface area contributed by atoms with Gasteiger partial charge in [0.25, 0.3) is 0 Å². The topological polar surface area (TPSA) is 30.9 Å². The van der Waals surface area contributed by atoms with E-state index in [2.05, 4.69) is 17.0 Å². The van der Waals surface area contributed by atoms with Crippen molar-refractivity contribution < 1.29 is 14.2 Å². The second kappa shape index (κ2) is 7.58. The van der Waals surface area contributed by atoms with Crippen LogP contribution in [0.1, 0.15) is 24.0 Å². The highest BCUT2D eigenvalue weighted by Crippen LogP contribution is 2.34. The molecule has 1 aliphatic heterocycles. The SMILES string of the molecule is COc1ccc(Oc2cc(CN3CCCC3)ccc2OC)cc1C. The minimum absolute atomic E-state index is 0.744. The molecule has 2 aromatic carbocycles. The molecule has 1 aliphatic rings. The van der Waals surface area contributed by atoms with Crippen LogP contribution in [0, 0.1) is 6.92 Å². The molecule has 0 amide bonds. The second-order valence-electron chi connectivity index (χ2n) is 6.20. The number of hydrogen-bond donors (Lipinski definition) is 0. The van der Waals surface area contributed by atoms with Gasteiger partial charge in [0.1, 0.15) is 11.5 Å². The molecule has 0 aromatic heterocycles. The summed E-state index contributed by atoms with van der Waals surface area (Å²) in [6.07, 6.45) is 2.59. The predicted octanol–water partition coefficient (Wildman–Crippen LogP) is 4.40. The molecule has 128 valence electrons. The van der Waals surface area contributed by atoms with Crippen molar-refractivity contribution in [1.29, 1.82) is 0 Å². The summed E-state index contributed by atoms with van der Waals surface area (Å²) in [7, 11) is 3.34. The number of ether oxygens (including phenoxy) is 3. The van der Waals surface area contributed by atoms with E-state index in [0.29, 0.717) is 0 Å². The van der Waals surface area contributed by atoms with Crippen LogP contribution in [0.5, 0.6) is 23.0 Å². The summed E-state index contributed by atoms with van der Waals surface area (Å²) in [4.78, 5) is 2.48. The van der Waals surface area contributed by atoms with Gasteiger partial charge in [0.2, 0.25) is 0 Å². The number of aryl methyl sites for hydroxylation is 1. The third-order valence-corrected chi connectivity index (χ3v) is 4.43. The maximum atomic E-state index is 6.09. The van der Waals surface area contributed by atoms with Crippen molar-refractivity contribution in [2.75, 3.05) is 27.3 Å². The van der Waals surface area contributed by atoms with E-state index >= 15 is 0 Å². The van der Waals surface area contributed by atoms with Crippen LogP contribution in [0.25, 0.3) is 0 Å². The fourth-order valence-corrected chi connectivity index (χ4v) is 3.14. The summed E-state index contributed by atoms with van der Waals surface area (Å²) in [5.74, 6) is 3.13. The Labute approximate surface area is 144 Å². The lowest BCUT2D eigenvalue weighted by Gasteiger charge is -2.17. The zero-order valence-electron chi connectivity index (χ0n) is 14.7. The summed E-state index contributed by atoms with van der Waals surface area (Å²) in [5.41, 5.74) is 2.29. The third-order valence-electron chi connectivity index (χ3n) is 4.43. The van der Waals surface area contributed by atoms with Gasteiger partial charge < -0.3 is 14.2 Å². The predicted molar refractivity (Wildman–Crippen MR) is 95.3 cm³/mol. The third kappa shape index (κ3) is 3.82. The first-order valence-corrected chi connectivity index (χ1v) is 8.41. The van der Waals surface area contributed by atoms with Crippen LogP contribution in [-0.4, -0.2) is 32.2 Å². The monoisotopic (exact) mass is 327 g/mol. The van der Waals surface area contributed by atoms with E-state index in [4.69, 9.17) is 14.2 Å². The molecule has 0 saturated carbocycles. The molecule has 1 heterocycles. The first kappa shape index (κ1) is 16.7. The molecule has 0 bridgehead atoms. The molecule has 0 spiro atoms. The smallest absolute Gasteiger partial charge is 0.169 e. The van der Waals surface area contributed by atoms with E-state index in [9.17, 15) is 0 Å². The average molecular weight is 327 g/mol. The van der Waals surface area contributed by atoms with Gasteiger partial charge in [-0.25, -0.2) is 0 Å². The standard InChI is InChI=1S/C20H25NO3/c1-15-12-17(7-9-18(15)22-2)24-20-13-16(6-8-19(20)23-3)14-21-10-4-5-11-21/h6-9,12-13H,4-5,10-11,14H2,1-3H3. The van der Waals surface area contributed by atoms with Gasteiger partial charge in [-0.3, -0.25) is 4.90 Å². The lowest BCUT2D eigenvalue weighted by atomic mass is 10.2. The second-order valence-corrected chi connectivity index (χ2v) is 6.20. The Bertz CT molecular complexity index is 693. The molecule has 0 N–H and O–H groups in total. The minimum atomic E-state index is 0.744. The van der Waals surface area contributed by atoms with Crippen molar-refractivity contribution >= 4 is 0 Å². The van der Waals surface area contributed by atoms with Crippen molar-refractivity contribution in [3.05, 3.63) is 47.5 Å². The number of rotatable bonds is 6. The van der Waals surface area contributed by atoms with Crippen LogP contribution in [0.15, 0.2) is 36.4 Å². The highest BCUT2D eigenvalue weighted by molar-refractivity contribution is 5.47. The van der Waals surface area contributed by atoms with Crippen molar-refractivity contribution in [2.24, 2.45) is 0 Å². The Morgan fingerprint density at radius 1 is 0.875 bits per heavy atom. The van der Waals surface area contributed by atoms with Gasteiger partial charge in [0.15, 0.2) is 11.5 Å². The summed E-state index contributed by atoms with van der Waals surface area (Å²) >= 11 is 0. The number of nitrogens with zero attached hydrogens (tertiary/aromatic N) is 1. The van der Waals surface area contributed by atoms with Gasteiger partial charge in [-0.1, -0.05) is 6.07 Å². The number of likely N-dealkylation sites (tertiary alicyclic amines) is 1. The fourth-order valence-electron chi connectivity index (χ4n) is 3.14. The van der Waals surface area contributed by atoms with Crippen molar-refractivity contribution in [2.45, 2.75) is 26.3 Å². The van der Waals surface area contributed by atoms with Crippen LogP contribution in [0.3, 0.4) is 0 Å². The molecule has 3 rings (SSSR count). The number of methoxy groups -OCH3 is 2. The molecule has 0 atom stereocenters. The first-order chi connectivity index (χ1) is 11.7. The van der Waals surface area contributed by atoms with Gasteiger partial charge in [0, 0.05) is 6.54 Å². The Morgan fingerprint density at radius 2 is 1.58 bits per heavy atom. The largest absolute Gasteiger partial charge is 0.496 e. The molecular weight excluding hydrogens is 302 g/mol. The van der Waals surface area contributed by atoms with Crippen molar-refractivity contribution in [1.82, 2.24) is 4.90 Å². The molecule has 24 heavy (non-hydrogen) atoms. The summed E-state index contributed by atoms with van der Waals surface area (Å²) in [6, 6.07) is 12.0. The van der Waals surface area contributed by atoms with E-state index in [-0.39, 0.29) is 0 Å². The maximum Gasteiger partial charge on any atom is 0.169 e. The molecule has 4 nitrogen and oxygen atoms in total. The molecular formula is C20H25NO3. The Balaban J connectivity index is 1.80. The van der Waals surface area contributed by atoms with Crippen LogP contribution < -0.4 is 14.2 Å². The molecule has 4 heteroatoms. The van der Waals surface area contributed by atoms with E-state index in [0.717, 1.165) is 35.1 Å². The van der Waals surface area contributed by atoms with E-state index in [1.54, 1.807) is 14.2 Å². The molecule has 1 saturated heterocycles. The van der Waals surface area contributed by atoms with Gasteiger partial charge in [-0.2, -0.15) is 0 Å².